The molecule has 0 radical (unpaired) electrons. The van der Waals surface area contributed by atoms with E-state index in [0.717, 1.165) is 35.0 Å². The third-order valence-electron chi connectivity index (χ3n) is 4.23. The Labute approximate surface area is 193 Å². The Hall–Kier alpha value is -2.17. The van der Waals surface area contributed by atoms with Gasteiger partial charge < -0.3 is 10.3 Å². The summed E-state index contributed by atoms with van der Waals surface area (Å²) in [6, 6.07) is 4.94. The first-order chi connectivity index (χ1) is 13.8. The zero-order valence-electron chi connectivity index (χ0n) is 16.5. The Kier molecular flexibility index (Phi) is 10.4. The molecule has 0 spiro atoms. The van der Waals surface area contributed by atoms with Gasteiger partial charge in [-0.1, -0.05) is 18.2 Å². The third-order valence-corrected chi connectivity index (χ3v) is 5.20. The Morgan fingerprint density at radius 2 is 1.97 bits per heavy atom. The Balaban J connectivity index is 0.00000240. The molecule has 0 aliphatic carbocycles. The molecule has 0 bridgehead atoms. The van der Waals surface area contributed by atoms with Crippen LogP contribution >= 0.6 is 36.6 Å². The molecule has 0 aliphatic heterocycles. The second kappa shape index (κ2) is 12.0. The molecule has 3 N–H and O–H groups in total. The molecule has 0 saturated heterocycles. The average molecular weight is 496 g/mol. The van der Waals surface area contributed by atoms with E-state index in [9.17, 15) is 18.0 Å². The van der Waals surface area contributed by atoms with Crippen LogP contribution in [0.15, 0.2) is 41.6 Å². The van der Waals surface area contributed by atoms with Crippen LogP contribution < -0.4 is 10.9 Å². The molecule has 170 valence electrons. The Morgan fingerprint density at radius 3 is 2.61 bits per heavy atom. The quantitative estimate of drug-likeness (QED) is 0.397. The number of aromatic nitrogens is 4. The van der Waals surface area contributed by atoms with Crippen molar-refractivity contribution in [2.75, 3.05) is 17.6 Å². The molecule has 1 aromatic carbocycles. The minimum absolute atomic E-state index is 0. The lowest BCUT2D eigenvalue weighted by molar-refractivity contribution is -0.137. The van der Waals surface area contributed by atoms with Crippen LogP contribution in [0.4, 0.5) is 19.1 Å². The summed E-state index contributed by atoms with van der Waals surface area (Å²) in [5.41, 5.74) is 1.66. The SMILES string of the molecule is Cc1[nH]cnc1CSCCNc1ncc(Cc2cccc(C(F)(F)F)c2)c(=O)[nH]1.Cl.Cl. The Morgan fingerprint density at radius 1 is 1.19 bits per heavy atom. The van der Waals surface area contributed by atoms with Gasteiger partial charge in [-0.2, -0.15) is 24.9 Å². The van der Waals surface area contributed by atoms with Crippen molar-refractivity contribution in [1.82, 2.24) is 19.9 Å². The van der Waals surface area contributed by atoms with Crippen LogP contribution in [0.3, 0.4) is 0 Å². The lowest BCUT2D eigenvalue weighted by Gasteiger charge is -2.09. The zero-order valence-corrected chi connectivity index (χ0v) is 18.9. The first kappa shape index (κ1) is 26.9. The van der Waals surface area contributed by atoms with Crippen LogP contribution in [-0.4, -0.2) is 32.2 Å². The molecule has 0 atom stereocenters. The molecular formula is C19H22Cl2F3N5OS. The van der Waals surface area contributed by atoms with Gasteiger partial charge in [-0.05, 0) is 18.6 Å². The average Bonchev–Trinajstić information content (AvgIpc) is 3.08. The number of hydrogen-bond donors (Lipinski definition) is 3. The Bertz CT molecular complexity index is 1030. The van der Waals surface area contributed by atoms with Crippen LogP contribution in [0.1, 0.15) is 28.1 Å². The minimum atomic E-state index is -4.41. The number of alkyl halides is 3. The van der Waals surface area contributed by atoms with Crippen molar-refractivity contribution >= 4 is 42.5 Å². The van der Waals surface area contributed by atoms with E-state index in [1.807, 2.05) is 6.92 Å². The van der Waals surface area contributed by atoms with E-state index in [4.69, 9.17) is 0 Å². The van der Waals surface area contributed by atoms with E-state index in [2.05, 4.69) is 25.3 Å². The van der Waals surface area contributed by atoms with Gasteiger partial charge in [0.25, 0.3) is 5.56 Å². The standard InChI is InChI=1S/C19H20F3N5OS.2ClH/c1-12-16(26-11-25-12)10-29-6-5-23-18-24-9-14(17(28)27-18)7-13-3-2-4-15(8-13)19(20,21)22;;/h2-4,8-9,11H,5-7,10H2,1H3,(H,25,26)(H2,23,24,27,28);2*1H. The van der Waals surface area contributed by atoms with Crippen LogP contribution in [0.5, 0.6) is 0 Å². The highest BCUT2D eigenvalue weighted by Gasteiger charge is 2.30. The van der Waals surface area contributed by atoms with Gasteiger partial charge in [-0.15, -0.1) is 24.8 Å². The topological polar surface area (TPSA) is 86.5 Å². The summed E-state index contributed by atoms with van der Waals surface area (Å²) >= 11 is 1.70. The first-order valence-corrected chi connectivity index (χ1v) is 10.0. The van der Waals surface area contributed by atoms with Gasteiger partial charge in [0, 0.05) is 41.9 Å². The molecule has 3 rings (SSSR count). The van der Waals surface area contributed by atoms with Crippen molar-refractivity contribution in [3.8, 4) is 0 Å². The molecule has 3 aromatic rings. The summed E-state index contributed by atoms with van der Waals surface area (Å²) in [5.74, 6) is 1.91. The van der Waals surface area contributed by atoms with Crippen molar-refractivity contribution < 1.29 is 13.2 Å². The lowest BCUT2D eigenvalue weighted by atomic mass is 10.0. The van der Waals surface area contributed by atoms with Crippen LogP contribution in [-0.2, 0) is 18.3 Å². The summed E-state index contributed by atoms with van der Waals surface area (Å²) in [5, 5.41) is 3.04. The summed E-state index contributed by atoms with van der Waals surface area (Å²) in [6.45, 7) is 2.57. The molecular weight excluding hydrogens is 474 g/mol. The fourth-order valence-electron chi connectivity index (χ4n) is 2.66. The highest BCUT2D eigenvalue weighted by molar-refractivity contribution is 7.98. The minimum Gasteiger partial charge on any atom is -0.355 e. The van der Waals surface area contributed by atoms with Crippen LogP contribution in [0.25, 0.3) is 0 Å². The molecule has 6 nitrogen and oxygen atoms in total. The van der Waals surface area contributed by atoms with Crippen molar-refractivity contribution in [1.29, 1.82) is 0 Å². The molecule has 12 heteroatoms. The molecule has 0 unspecified atom stereocenters. The number of nitrogens with one attached hydrogen (secondary N) is 3. The highest BCUT2D eigenvalue weighted by Crippen LogP contribution is 2.29. The number of H-pyrrole nitrogens is 2. The normalized spacial score (nSPS) is 10.8. The number of halogens is 5. The molecule has 0 fully saturated rings. The first-order valence-electron chi connectivity index (χ1n) is 8.87. The molecule has 2 heterocycles. The van der Waals surface area contributed by atoms with E-state index in [1.54, 1.807) is 24.2 Å². The van der Waals surface area contributed by atoms with Gasteiger partial charge in [0.15, 0.2) is 0 Å². The number of hydrogen-bond acceptors (Lipinski definition) is 5. The second-order valence-corrected chi connectivity index (χ2v) is 7.52. The van der Waals surface area contributed by atoms with E-state index >= 15 is 0 Å². The van der Waals surface area contributed by atoms with Gasteiger partial charge in [0.1, 0.15) is 0 Å². The van der Waals surface area contributed by atoms with Gasteiger partial charge in [0.2, 0.25) is 5.95 Å². The van der Waals surface area contributed by atoms with E-state index in [1.165, 1.54) is 12.3 Å². The maximum atomic E-state index is 12.8. The fourth-order valence-corrected chi connectivity index (χ4v) is 3.53. The molecule has 31 heavy (non-hydrogen) atoms. The van der Waals surface area contributed by atoms with Crippen LogP contribution in [0, 0.1) is 6.92 Å². The van der Waals surface area contributed by atoms with Gasteiger partial charge >= 0.3 is 6.18 Å². The van der Waals surface area contributed by atoms with Crippen molar-refractivity contribution in [2.45, 2.75) is 25.3 Å². The summed E-state index contributed by atoms with van der Waals surface area (Å²) in [4.78, 5) is 26.3. The predicted molar refractivity (Wildman–Crippen MR) is 122 cm³/mol. The number of aromatic amines is 2. The monoisotopic (exact) mass is 495 g/mol. The second-order valence-electron chi connectivity index (χ2n) is 6.41. The smallest absolute Gasteiger partial charge is 0.355 e. The summed E-state index contributed by atoms with van der Waals surface area (Å²) in [7, 11) is 0. The molecule has 0 saturated carbocycles. The van der Waals surface area contributed by atoms with E-state index in [-0.39, 0.29) is 36.8 Å². The number of nitrogens with zero attached hydrogens (tertiary/aromatic N) is 2. The lowest BCUT2D eigenvalue weighted by Crippen LogP contribution is -2.18. The van der Waals surface area contributed by atoms with E-state index < -0.39 is 11.7 Å². The summed E-state index contributed by atoms with van der Waals surface area (Å²) in [6.07, 6.45) is -1.28. The van der Waals surface area contributed by atoms with E-state index in [0.29, 0.717) is 23.6 Å². The largest absolute Gasteiger partial charge is 0.416 e. The molecule has 2 aromatic heterocycles. The maximum absolute atomic E-state index is 12.8. The third kappa shape index (κ3) is 7.79. The van der Waals surface area contributed by atoms with Crippen molar-refractivity contribution in [3.63, 3.8) is 0 Å². The van der Waals surface area contributed by atoms with Crippen molar-refractivity contribution in [2.24, 2.45) is 0 Å². The number of aryl methyl sites for hydroxylation is 1. The maximum Gasteiger partial charge on any atom is 0.416 e. The molecule has 0 aliphatic rings. The number of benzene rings is 1. The van der Waals surface area contributed by atoms with Crippen molar-refractivity contribution in [3.05, 3.63) is 75.2 Å². The fraction of sp³-hybridized carbons (Fsp3) is 0.316. The van der Waals surface area contributed by atoms with Gasteiger partial charge in [-0.3, -0.25) is 9.78 Å². The van der Waals surface area contributed by atoms with Crippen LogP contribution in [0.2, 0.25) is 0 Å². The number of thioether (sulfide) groups is 1. The number of rotatable bonds is 8. The highest BCUT2D eigenvalue weighted by atomic mass is 35.5. The van der Waals surface area contributed by atoms with Gasteiger partial charge in [-0.25, -0.2) is 9.97 Å². The molecule has 0 amide bonds. The van der Waals surface area contributed by atoms with Gasteiger partial charge in [0.05, 0.1) is 17.6 Å². The zero-order chi connectivity index (χ0) is 20.9. The predicted octanol–water partition coefficient (Wildman–Crippen LogP) is 4.60. The number of imidazole rings is 1. The number of anilines is 1. The summed E-state index contributed by atoms with van der Waals surface area (Å²) < 4.78 is 38.4.